The highest BCUT2D eigenvalue weighted by molar-refractivity contribution is 5.66. The third kappa shape index (κ3) is 1.16. The first-order valence-corrected chi connectivity index (χ1v) is 4.08. The largest absolute Gasteiger partial charge is 0.155 e. The van der Waals surface area contributed by atoms with Crippen molar-refractivity contribution in [3.63, 3.8) is 0 Å². The van der Waals surface area contributed by atoms with Crippen LogP contribution in [-0.2, 0) is 0 Å². The molecule has 0 aromatic heterocycles. The lowest BCUT2D eigenvalue weighted by atomic mass is 9.93. The van der Waals surface area contributed by atoms with Crippen molar-refractivity contribution in [3.05, 3.63) is 59.5 Å². The second-order valence-corrected chi connectivity index (χ2v) is 3.18. The average Bonchev–Trinajstić information content (AvgIpc) is 2.05. The molecule has 0 fully saturated rings. The van der Waals surface area contributed by atoms with E-state index in [-0.39, 0.29) is 0 Å². The molecule has 0 heteroatoms. The smallest absolute Gasteiger partial charge is 0.0410 e. The van der Waals surface area contributed by atoms with Crippen molar-refractivity contribution in [3.8, 4) is 0 Å². The molecule has 12 heavy (non-hydrogen) atoms. The summed E-state index contributed by atoms with van der Waals surface area (Å²) in [4.78, 5) is 0. The fourth-order valence-electron chi connectivity index (χ4n) is 1.41. The van der Waals surface area contributed by atoms with E-state index < -0.39 is 0 Å². The number of rotatable bonds is 0. The molecule has 0 N–H and O–H groups in total. The van der Waals surface area contributed by atoms with Crippen LogP contribution in [0.5, 0.6) is 0 Å². The summed E-state index contributed by atoms with van der Waals surface area (Å²) in [5.74, 6) is 0. The van der Waals surface area contributed by atoms with Gasteiger partial charge in [0.15, 0.2) is 0 Å². The molecule has 0 bridgehead atoms. The highest BCUT2D eigenvalue weighted by Gasteiger charge is 1.97. The van der Waals surface area contributed by atoms with Crippen LogP contribution in [0.4, 0.5) is 0 Å². The first-order chi connectivity index (χ1) is 5.75. The first kappa shape index (κ1) is 7.23. The summed E-state index contributed by atoms with van der Waals surface area (Å²) in [7, 11) is 0. The minimum atomic E-state index is 1.08. The zero-order valence-electron chi connectivity index (χ0n) is 7.17. The summed E-state index contributed by atoms with van der Waals surface area (Å²) >= 11 is 0. The van der Waals surface area contributed by atoms with Crippen LogP contribution in [0.1, 0.15) is 16.7 Å². The Labute approximate surface area is 73.2 Å². The van der Waals surface area contributed by atoms with Gasteiger partial charge in [0.25, 0.3) is 0 Å². The minimum absolute atomic E-state index is 1.08. The number of hydrogen-bond donors (Lipinski definition) is 0. The standard InChI is InChI=1S/C12H11/c1-9-3-5-12-8-10(2)4-6-11(12)7-9/h3-8H,1H2,2H3/q-1. The molecule has 0 atom stereocenters. The highest BCUT2D eigenvalue weighted by atomic mass is 14.1. The molecule has 0 nitrogen and oxygen atoms in total. The van der Waals surface area contributed by atoms with Crippen molar-refractivity contribution in [1.29, 1.82) is 0 Å². The van der Waals surface area contributed by atoms with Gasteiger partial charge in [0.1, 0.15) is 0 Å². The molecule has 1 aromatic rings. The molecule has 0 saturated carbocycles. The molecule has 1 aromatic carbocycles. The van der Waals surface area contributed by atoms with Gasteiger partial charge in [-0.15, -0.1) is 35.8 Å². The molecule has 60 valence electrons. The zero-order chi connectivity index (χ0) is 8.55. The van der Waals surface area contributed by atoms with Crippen molar-refractivity contribution in [1.82, 2.24) is 0 Å². The van der Waals surface area contributed by atoms with E-state index in [0.29, 0.717) is 0 Å². The van der Waals surface area contributed by atoms with Crippen molar-refractivity contribution < 1.29 is 0 Å². The normalized spacial score (nSPS) is 13.9. The summed E-state index contributed by atoms with van der Waals surface area (Å²) in [5, 5.41) is 0. The van der Waals surface area contributed by atoms with Gasteiger partial charge in [-0.2, -0.15) is 6.58 Å². The maximum Gasteiger partial charge on any atom is -0.0410 e. The number of allylic oxidation sites excluding steroid dienone is 2. The molecule has 0 heterocycles. The Hall–Kier alpha value is -1.43. The van der Waals surface area contributed by atoms with E-state index in [1.165, 1.54) is 16.7 Å². The number of benzene rings is 1. The fourth-order valence-corrected chi connectivity index (χ4v) is 1.41. The first-order valence-electron chi connectivity index (χ1n) is 4.08. The summed E-state index contributed by atoms with van der Waals surface area (Å²) in [5.41, 5.74) is 4.95. The van der Waals surface area contributed by atoms with Gasteiger partial charge in [0.2, 0.25) is 0 Å². The van der Waals surface area contributed by atoms with Crippen LogP contribution >= 0.6 is 0 Å². The van der Waals surface area contributed by atoms with Gasteiger partial charge < -0.3 is 0 Å². The lowest BCUT2D eigenvalue weighted by Gasteiger charge is -2.19. The minimum Gasteiger partial charge on any atom is -0.155 e. The Bertz CT molecular complexity index is 356. The predicted molar refractivity (Wildman–Crippen MR) is 52.8 cm³/mol. The monoisotopic (exact) mass is 155 g/mol. The van der Waals surface area contributed by atoms with Gasteiger partial charge in [-0.05, 0) is 6.92 Å². The van der Waals surface area contributed by atoms with Crippen LogP contribution in [-0.4, -0.2) is 0 Å². The maximum absolute atomic E-state index is 3.89. The van der Waals surface area contributed by atoms with E-state index in [1.807, 2.05) is 6.08 Å². The fraction of sp³-hybridized carbons (Fsp3) is 0.0833. The van der Waals surface area contributed by atoms with Gasteiger partial charge in [-0.1, -0.05) is 23.3 Å². The Balaban J connectivity index is 2.54. The van der Waals surface area contributed by atoms with Crippen molar-refractivity contribution in [2.24, 2.45) is 0 Å². The third-order valence-electron chi connectivity index (χ3n) is 2.06. The third-order valence-corrected chi connectivity index (χ3v) is 2.06. The molecular formula is C12H11-. The van der Waals surface area contributed by atoms with Gasteiger partial charge in [0, 0.05) is 0 Å². The molecular weight excluding hydrogens is 144 g/mol. The molecule has 0 radical (unpaired) electrons. The molecule has 2 rings (SSSR count). The van der Waals surface area contributed by atoms with E-state index in [4.69, 9.17) is 0 Å². The van der Waals surface area contributed by atoms with Gasteiger partial charge >= 0.3 is 0 Å². The quantitative estimate of drug-likeness (QED) is 0.505. The Morgan fingerprint density at radius 1 is 1.25 bits per heavy atom. The van der Waals surface area contributed by atoms with E-state index in [2.05, 4.69) is 44.2 Å². The molecule has 1 aliphatic rings. The highest BCUT2D eigenvalue weighted by Crippen LogP contribution is 2.23. The second kappa shape index (κ2) is 2.56. The van der Waals surface area contributed by atoms with E-state index in [0.717, 1.165) is 5.57 Å². The van der Waals surface area contributed by atoms with Gasteiger partial charge in [-0.3, -0.25) is 0 Å². The maximum atomic E-state index is 3.89. The molecule has 0 saturated heterocycles. The topological polar surface area (TPSA) is 0 Å². The van der Waals surface area contributed by atoms with Crippen molar-refractivity contribution in [2.75, 3.05) is 0 Å². The number of hydrogen-bond acceptors (Lipinski definition) is 0. The molecule has 0 amide bonds. The van der Waals surface area contributed by atoms with E-state index in [9.17, 15) is 0 Å². The SMILES string of the molecule is C=C1C=Cc2cc(C)ccc2[CH-]1. The van der Waals surface area contributed by atoms with Crippen LogP contribution in [0.25, 0.3) is 6.08 Å². The van der Waals surface area contributed by atoms with E-state index in [1.54, 1.807) is 0 Å². The zero-order valence-corrected chi connectivity index (χ0v) is 7.17. The molecule has 0 spiro atoms. The van der Waals surface area contributed by atoms with E-state index >= 15 is 0 Å². The molecule has 0 aliphatic heterocycles. The number of fused-ring (bicyclic) bond motifs is 1. The lowest BCUT2D eigenvalue weighted by Crippen LogP contribution is -1.93. The summed E-state index contributed by atoms with van der Waals surface area (Å²) < 4.78 is 0. The second-order valence-electron chi connectivity index (χ2n) is 3.18. The lowest BCUT2D eigenvalue weighted by molar-refractivity contribution is 1.36. The van der Waals surface area contributed by atoms with Crippen LogP contribution in [0.3, 0.4) is 0 Å². The van der Waals surface area contributed by atoms with Gasteiger partial charge in [0.05, 0.1) is 0 Å². The number of aryl methyl sites for hydroxylation is 1. The molecule has 0 unspecified atom stereocenters. The summed E-state index contributed by atoms with van der Waals surface area (Å²) in [6.07, 6.45) is 6.27. The van der Waals surface area contributed by atoms with Crippen LogP contribution in [0.15, 0.2) is 36.4 Å². The molecule has 1 aliphatic carbocycles. The van der Waals surface area contributed by atoms with Gasteiger partial charge in [-0.25, -0.2) is 0 Å². The van der Waals surface area contributed by atoms with Crippen LogP contribution in [0.2, 0.25) is 0 Å². The Morgan fingerprint density at radius 2 is 2.08 bits per heavy atom. The van der Waals surface area contributed by atoms with Crippen molar-refractivity contribution in [2.45, 2.75) is 6.92 Å². The Kier molecular flexibility index (Phi) is 1.54. The summed E-state index contributed by atoms with van der Waals surface area (Å²) in [6, 6.07) is 6.45. The Morgan fingerprint density at radius 3 is 2.92 bits per heavy atom. The predicted octanol–water partition coefficient (Wildman–Crippen LogP) is 3.13. The van der Waals surface area contributed by atoms with Crippen LogP contribution < -0.4 is 0 Å². The average molecular weight is 155 g/mol. The summed E-state index contributed by atoms with van der Waals surface area (Å²) in [6.45, 7) is 6.00. The van der Waals surface area contributed by atoms with Crippen molar-refractivity contribution >= 4 is 6.08 Å². The van der Waals surface area contributed by atoms with Crippen LogP contribution in [0, 0.1) is 13.3 Å².